The maximum Gasteiger partial charge on any atom is 0.348 e. The topological polar surface area (TPSA) is 79.3 Å². The number of thiophene rings is 1. The monoisotopic (exact) mass is 248 g/mol. The Bertz CT molecular complexity index is 551. The van der Waals surface area contributed by atoms with E-state index in [-0.39, 0.29) is 10.8 Å². The van der Waals surface area contributed by atoms with Gasteiger partial charge in [-0.1, -0.05) is 0 Å². The first kappa shape index (κ1) is 11.3. The Balaban J connectivity index is 2.19. The number of carbonyl (C=O) groups excluding carboxylic acids is 1. The summed E-state index contributed by atoms with van der Waals surface area (Å²) in [4.78, 5) is 26.5. The largest absolute Gasteiger partial charge is 0.477 e. The first-order valence-electron chi connectivity index (χ1n) is 4.70. The van der Waals surface area contributed by atoms with Crippen molar-refractivity contribution in [3.05, 3.63) is 46.4 Å². The first-order chi connectivity index (χ1) is 8.18. The third-order valence-electron chi connectivity index (χ3n) is 2.03. The Labute approximate surface area is 101 Å². The molecular weight excluding hydrogens is 240 g/mol. The molecule has 0 fully saturated rings. The SMILES string of the molecule is O=C(Nc1ccsc1C(=O)O)c1cccnc1. The number of nitrogens with one attached hydrogen (secondary N) is 1. The van der Waals surface area contributed by atoms with Crippen LogP contribution in [0.25, 0.3) is 0 Å². The Kier molecular flexibility index (Phi) is 3.15. The average Bonchev–Trinajstić information content (AvgIpc) is 2.78. The van der Waals surface area contributed by atoms with Gasteiger partial charge in [-0.25, -0.2) is 4.79 Å². The number of carboxylic acids is 1. The fraction of sp³-hybridized carbons (Fsp3) is 0. The molecule has 0 atom stereocenters. The lowest BCUT2D eigenvalue weighted by Crippen LogP contribution is -2.13. The van der Waals surface area contributed by atoms with Crippen molar-refractivity contribution in [1.29, 1.82) is 0 Å². The van der Waals surface area contributed by atoms with E-state index in [1.165, 1.54) is 6.20 Å². The summed E-state index contributed by atoms with van der Waals surface area (Å²) in [5, 5.41) is 13.0. The van der Waals surface area contributed by atoms with Crippen molar-refractivity contribution in [1.82, 2.24) is 4.98 Å². The van der Waals surface area contributed by atoms with Crippen molar-refractivity contribution < 1.29 is 14.7 Å². The van der Waals surface area contributed by atoms with Crippen molar-refractivity contribution >= 4 is 28.9 Å². The molecule has 0 saturated carbocycles. The van der Waals surface area contributed by atoms with Crippen molar-refractivity contribution in [2.24, 2.45) is 0 Å². The lowest BCUT2D eigenvalue weighted by Gasteiger charge is -2.03. The normalized spacial score (nSPS) is 9.88. The van der Waals surface area contributed by atoms with Crippen LogP contribution in [0.3, 0.4) is 0 Å². The molecule has 0 unspecified atom stereocenters. The molecule has 0 radical (unpaired) electrons. The molecule has 0 aliphatic rings. The predicted octanol–water partition coefficient (Wildman–Crippen LogP) is 2.09. The molecule has 0 bridgehead atoms. The van der Waals surface area contributed by atoms with Gasteiger partial charge in [0.05, 0.1) is 11.3 Å². The van der Waals surface area contributed by atoms with Gasteiger partial charge < -0.3 is 10.4 Å². The zero-order chi connectivity index (χ0) is 12.3. The van der Waals surface area contributed by atoms with Crippen LogP contribution in [0.1, 0.15) is 20.0 Å². The van der Waals surface area contributed by atoms with E-state index in [1.807, 2.05) is 0 Å². The van der Waals surface area contributed by atoms with Crippen LogP contribution in [0.4, 0.5) is 5.69 Å². The fourth-order valence-corrected chi connectivity index (χ4v) is 1.95. The molecule has 2 heterocycles. The molecule has 0 aliphatic carbocycles. The molecule has 2 N–H and O–H groups in total. The molecule has 2 rings (SSSR count). The molecule has 86 valence electrons. The Morgan fingerprint density at radius 2 is 2.18 bits per heavy atom. The second-order valence-corrected chi connectivity index (χ2v) is 4.08. The summed E-state index contributed by atoms with van der Waals surface area (Å²) in [7, 11) is 0. The van der Waals surface area contributed by atoms with Crippen molar-refractivity contribution in [2.45, 2.75) is 0 Å². The van der Waals surface area contributed by atoms with Crippen LogP contribution in [-0.4, -0.2) is 22.0 Å². The number of hydrogen-bond donors (Lipinski definition) is 2. The molecular formula is C11H8N2O3S. The predicted molar refractivity (Wildman–Crippen MR) is 63.5 cm³/mol. The zero-order valence-electron chi connectivity index (χ0n) is 8.58. The molecule has 1 amide bonds. The van der Waals surface area contributed by atoms with Gasteiger partial charge >= 0.3 is 5.97 Å². The number of nitrogens with zero attached hydrogens (tertiary/aromatic N) is 1. The number of carboxylic acid groups (broad SMARTS) is 1. The summed E-state index contributed by atoms with van der Waals surface area (Å²) in [6.45, 7) is 0. The molecule has 2 aromatic heterocycles. The lowest BCUT2D eigenvalue weighted by atomic mass is 10.2. The number of amides is 1. The van der Waals surface area contributed by atoms with Crippen LogP contribution >= 0.6 is 11.3 Å². The second-order valence-electron chi connectivity index (χ2n) is 3.16. The van der Waals surface area contributed by atoms with E-state index in [9.17, 15) is 9.59 Å². The highest BCUT2D eigenvalue weighted by atomic mass is 32.1. The highest BCUT2D eigenvalue weighted by Gasteiger charge is 2.14. The van der Waals surface area contributed by atoms with Crippen LogP contribution in [0.15, 0.2) is 36.0 Å². The van der Waals surface area contributed by atoms with Gasteiger partial charge in [0.1, 0.15) is 4.88 Å². The maximum absolute atomic E-state index is 11.7. The van der Waals surface area contributed by atoms with Gasteiger partial charge in [0, 0.05) is 12.4 Å². The molecule has 0 aromatic carbocycles. The van der Waals surface area contributed by atoms with Crippen LogP contribution in [0, 0.1) is 0 Å². The van der Waals surface area contributed by atoms with E-state index in [0.717, 1.165) is 11.3 Å². The van der Waals surface area contributed by atoms with E-state index >= 15 is 0 Å². The van der Waals surface area contributed by atoms with Gasteiger partial charge in [-0.3, -0.25) is 9.78 Å². The minimum Gasteiger partial charge on any atom is -0.477 e. The van der Waals surface area contributed by atoms with Crippen LogP contribution in [0.5, 0.6) is 0 Å². The summed E-state index contributed by atoms with van der Waals surface area (Å²) in [5.41, 5.74) is 0.686. The molecule has 17 heavy (non-hydrogen) atoms. The molecule has 6 heteroatoms. The molecule has 0 aliphatic heterocycles. The number of anilines is 1. The Morgan fingerprint density at radius 3 is 2.82 bits per heavy atom. The van der Waals surface area contributed by atoms with E-state index in [1.54, 1.807) is 29.8 Å². The number of rotatable bonds is 3. The van der Waals surface area contributed by atoms with Gasteiger partial charge in [0.15, 0.2) is 0 Å². The van der Waals surface area contributed by atoms with Gasteiger partial charge in [-0.05, 0) is 23.6 Å². The van der Waals surface area contributed by atoms with Crippen molar-refractivity contribution in [3.8, 4) is 0 Å². The summed E-state index contributed by atoms with van der Waals surface area (Å²) in [6.07, 6.45) is 2.98. The van der Waals surface area contributed by atoms with Crippen molar-refractivity contribution in [2.75, 3.05) is 5.32 Å². The molecule has 0 saturated heterocycles. The summed E-state index contributed by atoms with van der Waals surface area (Å²) < 4.78 is 0. The zero-order valence-corrected chi connectivity index (χ0v) is 9.40. The minimum absolute atomic E-state index is 0.113. The molecule has 0 spiro atoms. The molecule has 5 nitrogen and oxygen atoms in total. The number of pyridine rings is 1. The summed E-state index contributed by atoms with van der Waals surface area (Å²) in [6, 6.07) is 4.80. The standard InChI is InChI=1S/C11H8N2O3S/c14-10(7-2-1-4-12-6-7)13-8-3-5-17-9(8)11(15)16/h1-6H,(H,13,14)(H,15,16). The lowest BCUT2D eigenvalue weighted by molar-refractivity contribution is 0.0703. The number of aromatic nitrogens is 1. The quantitative estimate of drug-likeness (QED) is 0.871. The van der Waals surface area contributed by atoms with Gasteiger partial charge in [-0.15, -0.1) is 11.3 Å². The minimum atomic E-state index is -1.05. The van der Waals surface area contributed by atoms with Crippen LogP contribution in [-0.2, 0) is 0 Å². The third kappa shape index (κ3) is 2.48. The van der Waals surface area contributed by atoms with Gasteiger partial charge in [0.2, 0.25) is 0 Å². The van der Waals surface area contributed by atoms with E-state index in [2.05, 4.69) is 10.3 Å². The van der Waals surface area contributed by atoms with E-state index < -0.39 is 5.97 Å². The fourth-order valence-electron chi connectivity index (χ4n) is 1.26. The number of carbonyl (C=O) groups is 2. The number of hydrogen-bond acceptors (Lipinski definition) is 4. The van der Waals surface area contributed by atoms with E-state index in [4.69, 9.17) is 5.11 Å². The first-order valence-corrected chi connectivity index (χ1v) is 5.58. The smallest absolute Gasteiger partial charge is 0.348 e. The summed E-state index contributed by atoms with van der Waals surface area (Å²) >= 11 is 1.06. The van der Waals surface area contributed by atoms with Crippen molar-refractivity contribution in [3.63, 3.8) is 0 Å². The van der Waals surface area contributed by atoms with E-state index in [0.29, 0.717) is 11.3 Å². The Hall–Kier alpha value is -2.21. The van der Waals surface area contributed by atoms with Gasteiger partial charge in [0.25, 0.3) is 5.91 Å². The van der Waals surface area contributed by atoms with Crippen LogP contribution < -0.4 is 5.32 Å². The molecule has 2 aromatic rings. The third-order valence-corrected chi connectivity index (χ3v) is 2.93. The van der Waals surface area contributed by atoms with Crippen LogP contribution in [0.2, 0.25) is 0 Å². The number of aromatic carboxylic acids is 1. The maximum atomic E-state index is 11.7. The highest BCUT2D eigenvalue weighted by Crippen LogP contribution is 2.22. The van der Waals surface area contributed by atoms with Gasteiger partial charge in [-0.2, -0.15) is 0 Å². The summed E-state index contributed by atoms with van der Waals surface area (Å²) in [5.74, 6) is -1.43. The highest BCUT2D eigenvalue weighted by molar-refractivity contribution is 7.12. The average molecular weight is 248 g/mol. The second kappa shape index (κ2) is 4.75. The Morgan fingerprint density at radius 1 is 1.35 bits per heavy atom.